The molecule has 16 heavy (non-hydrogen) atoms. The van der Waals surface area contributed by atoms with Crippen molar-refractivity contribution in [1.82, 2.24) is 0 Å². The number of alkyl halides is 3. The molecule has 1 aromatic carbocycles. The van der Waals surface area contributed by atoms with Gasteiger partial charge in [-0.3, -0.25) is 0 Å². The Bertz CT molecular complexity index is 549. The lowest BCUT2D eigenvalue weighted by Crippen LogP contribution is -2.28. The molecule has 2 aromatic rings. The van der Waals surface area contributed by atoms with Gasteiger partial charge in [0, 0.05) is 11.5 Å². The number of aryl methyl sites for hydroxylation is 1. The normalized spacial score (nSPS) is 12.1. The van der Waals surface area contributed by atoms with Gasteiger partial charge < -0.3 is 0 Å². The van der Waals surface area contributed by atoms with Crippen molar-refractivity contribution in [2.45, 2.75) is 6.18 Å². The van der Waals surface area contributed by atoms with Crippen LogP contribution in [0.3, 0.4) is 0 Å². The van der Waals surface area contributed by atoms with Crippen LogP contribution in [0.5, 0.6) is 0 Å². The molecule has 0 fully saturated rings. The zero-order chi connectivity index (χ0) is 11.9. The summed E-state index contributed by atoms with van der Waals surface area (Å²) in [6.45, 7) is 0. The zero-order valence-electron chi connectivity index (χ0n) is 8.35. The second kappa shape index (κ2) is 3.63. The minimum atomic E-state index is -4.32. The monoisotopic (exact) mass is 246 g/mol. The van der Waals surface area contributed by atoms with Crippen molar-refractivity contribution in [1.29, 1.82) is 0 Å². The van der Waals surface area contributed by atoms with Crippen LogP contribution in [-0.2, 0) is 13.2 Å². The first-order valence-corrected chi connectivity index (χ1v) is 4.92. The van der Waals surface area contributed by atoms with E-state index in [1.165, 1.54) is 6.07 Å². The van der Waals surface area contributed by atoms with Crippen molar-refractivity contribution in [2.75, 3.05) is 0 Å². The number of rotatable bonds is 0. The number of hydrogen-bond donors (Lipinski definition) is 0. The van der Waals surface area contributed by atoms with Crippen LogP contribution >= 0.6 is 11.6 Å². The summed E-state index contributed by atoms with van der Waals surface area (Å²) in [7, 11) is 1.66. The van der Waals surface area contributed by atoms with Gasteiger partial charge in [0.1, 0.15) is 12.1 Å². The molecule has 0 saturated carbocycles. The number of halogens is 4. The molecule has 0 N–H and O–H groups in total. The minimum Gasteiger partial charge on any atom is -0.200 e. The Kier molecular flexibility index (Phi) is 2.54. The first-order chi connectivity index (χ1) is 7.38. The summed E-state index contributed by atoms with van der Waals surface area (Å²) in [6.07, 6.45) is -2.75. The molecule has 0 aliphatic rings. The Morgan fingerprint density at radius 3 is 2.50 bits per heavy atom. The van der Waals surface area contributed by atoms with E-state index >= 15 is 0 Å². The highest BCUT2D eigenvalue weighted by Crippen LogP contribution is 2.30. The fourth-order valence-corrected chi connectivity index (χ4v) is 1.85. The second-order valence-corrected chi connectivity index (χ2v) is 3.98. The number of fused-ring (bicyclic) bond motifs is 1. The Hall–Kier alpha value is -1.29. The van der Waals surface area contributed by atoms with Crippen LogP contribution in [0.15, 0.2) is 30.5 Å². The average molecular weight is 247 g/mol. The van der Waals surface area contributed by atoms with Crippen molar-refractivity contribution in [2.24, 2.45) is 7.05 Å². The van der Waals surface area contributed by atoms with Crippen molar-refractivity contribution < 1.29 is 17.7 Å². The van der Waals surface area contributed by atoms with E-state index < -0.39 is 11.7 Å². The standard InChI is InChI=1S/C11H8ClF3N/c1-16-6-9(12)4-7-2-3-8(5-10(7)16)11(13,14)15/h2-6H,1H3/q+1. The largest absolute Gasteiger partial charge is 0.416 e. The summed E-state index contributed by atoms with van der Waals surface area (Å²) in [5, 5.41) is 1.18. The molecule has 0 spiro atoms. The molecular formula is C11H8ClF3N+. The van der Waals surface area contributed by atoms with Crippen LogP contribution in [0.25, 0.3) is 10.9 Å². The molecule has 84 valence electrons. The van der Waals surface area contributed by atoms with Crippen LogP contribution in [-0.4, -0.2) is 0 Å². The molecule has 0 saturated heterocycles. The number of nitrogens with zero attached hydrogens (tertiary/aromatic N) is 1. The van der Waals surface area contributed by atoms with Gasteiger partial charge in [0.25, 0.3) is 0 Å². The molecule has 0 radical (unpaired) electrons. The van der Waals surface area contributed by atoms with Gasteiger partial charge in [0.05, 0.1) is 5.56 Å². The molecule has 2 rings (SSSR count). The fraction of sp³-hybridized carbons (Fsp3) is 0.182. The van der Waals surface area contributed by atoms with E-state index in [4.69, 9.17) is 11.6 Å². The highest BCUT2D eigenvalue weighted by atomic mass is 35.5. The third kappa shape index (κ3) is 1.97. The fourth-order valence-electron chi connectivity index (χ4n) is 1.59. The molecule has 0 aliphatic carbocycles. The van der Waals surface area contributed by atoms with Crippen molar-refractivity contribution in [3.05, 3.63) is 41.0 Å². The summed E-state index contributed by atoms with van der Waals surface area (Å²) in [5.41, 5.74) is -0.155. The van der Waals surface area contributed by atoms with Gasteiger partial charge in [-0.1, -0.05) is 11.6 Å². The lowest BCUT2D eigenvalue weighted by atomic mass is 10.1. The van der Waals surface area contributed by atoms with E-state index in [-0.39, 0.29) is 0 Å². The van der Waals surface area contributed by atoms with Crippen LogP contribution < -0.4 is 4.57 Å². The number of benzene rings is 1. The Labute approximate surface area is 95.1 Å². The van der Waals surface area contributed by atoms with Gasteiger partial charge in [-0.2, -0.15) is 17.7 Å². The summed E-state index contributed by atoms with van der Waals surface area (Å²) in [4.78, 5) is 0. The molecule has 0 bridgehead atoms. The predicted molar refractivity (Wildman–Crippen MR) is 55.1 cm³/mol. The lowest BCUT2D eigenvalue weighted by Gasteiger charge is -2.06. The molecule has 5 heteroatoms. The van der Waals surface area contributed by atoms with Crippen molar-refractivity contribution in [3.8, 4) is 0 Å². The quantitative estimate of drug-likeness (QED) is 0.628. The molecule has 1 aromatic heterocycles. The minimum absolute atomic E-state index is 0.495. The summed E-state index contributed by atoms with van der Waals surface area (Å²) in [5.74, 6) is 0. The molecule has 0 aliphatic heterocycles. The smallest absolute Gasteiger partial charge is 0.200 e. The van der Waals surface area contributed by atoms with Crippen LogP contribution in [0.2, 0.25) is 5.02 Å². The van der Waals surface area contributed by atoms with Crippen molar-refractivity contribution >= 4 is 22.5 Å². The van der Waals surface area contributed by atoms with Gasteiger partial charge >= 0.3 is 6.18 Å². The van der Waals surface area contributed by atoms with E-state index in [2.05, 4.69) is 0 Å². The maximum Gasteiger partial charge on any atom is 0.416 e. The summed E-state index contributed by atoms with van der Waals surface area (Å²) in [6, 6.07) is 5.23. The van der Waals surface area contributed by atoms with E-state index in [0.717, 1.165) is 12.1 Å². The third-order valence-corrected chi connectivity index (χ3v) is 2.55. The molecule has 1 nitrogen and oxygen atoms in total. The number of hydrogen-bond acceptors (Lipinski definition) is 0. The third-order valence-electron chi connectivity index (χ3n) is 2.35. The van der Waals surface area contributed by atoms with Crippen LogP contribution in [0.4, 0.5) is 13.2 Å². The SMILES string of the molecule is C[n+]1cc(Cl)cc2ccc(C(F)(F)F)cc21. The van der Waals surface area contributed by atoms with E-state index in [1.807, 2.05) is 0 Å². The molecular weight excluding hydrogens is 239 g/mol. The predicted octanol–water partition coefficient (Wildman–Crippen LogP) is 3.34. The Morgan fingerprint density at radius 2 is 1.88 bits per heavy atom. The Morgan fingerprint density at radius 1 is 1.19 bits per heavy atom. The molecule has 1 heterocycles. The molecule has 0 unspecified atom stereocenters. The Balaban J connectivity index is 2.72. The number of pyridine rings is 1. The van der Waals surface area contributed by atoms with Gasteiger partial charge in [-0.05, 0) is 18.2 Å². The molecule has 0 atom stereocenters. The first kappa shape index (κ1) is 11.2. The second-order valence-electron chi connectivity index (χ2n) is 3.54. The highest BCUT2D eigenvalue weighted by Gasteiger charge is 2.31. The average Bonchev–Trinajstić information content (AvgIpc) is 2.15. The maximum absolute atomic E-state index is 12.5. The van der Waals surface area contributed by atoms with Gasteiger partial charge in [-0.15, -0.1) is 0 Å². The van der Waals surface area contributed by atoms with E-state index in [1.54, 1.807) is 23.9 Å². The topological polar surface area (TPSA) is 3.88 Å². The summed E-state index contributed by atoms with van der Waals surface area (Å²) >= 11 is 5.81. The first-order valence-electron chi connectivity index (χ1n) is 4.54. The van der Waals surface area contributed by atoms with E-state index in [9.17, 15) is 13.2 Å². The maximum atomic E-state index is 12.5. The zero-order valence-corrected chi connectivity index (χ0v) is 9.10. The summed E-state index contributed by atoms with van der Waals surface area (Å²) < 4.78 is 39.1. The van der Waals surface area contributed by atoms with Gasteiger partial charge in [0.2, 0.25) is 5.52 Å². The van der Waals surface area contributed by atoms with Crippen LogP contribution in [0.1, 0.15) is 5.56 Å². The van der Waals surface area contributed by atoms with Crippen LogP contribution in [0, 0.1) is 0 Å². The number of aromatic nitrogens is 1. The van der Waals surface area contributed by atoms with E-state index in [0.29, 0.717) is 15.9 Å². The highest BCUT2D eigenvalue weighted by molar-refractivity contribution is 6.30. The van der Waals surface area contributed by atoms with Gasteiger partial charge in [0.15, 0.2) is 6.20 Å². The molecule has 0 amide bonds. The van der Waals surface area contributed by atoms with Gasteiger partial charge in [-0.25, -0.2) is 0 Å². The van der Waals surface area contributed by atoms with Crippen molar-refractivity contribution in [3.63, 3.8) is 0 Å². The lowest BCUT2D eigenvalue weighted by molar-refractivity contribution is -0.644.